The molecule has 10 rings (SSSR count). The molecule has 0 saturated heterocycles. The molecule has 0 spiro atoms. The topological polar surface area (TPSA) is 11.4 Å². The molecular formula is C45H33N3. The summed E-state index contributed by atoms with van der Waals surface area (Å²) in [5.41, 5.74) is 15.5. The van der Waals surface area contributed by atoms with E-state index in [0.717, 1.165) is 11.4 Å². The quantitative estimate of drug-likeness (QED) is 0.196. The van der Waals surface area contributed by atoms with E-state index in [0.29, 0.717) is 0 Å². The van der Waals surface area contributed by atoms with E-state index in [4.69, 9.17) is 0 Å². The Bertz CT molecular complexity index is 2490. The Morgan fingerprint density at radius 2 is 1.02 bits per heavy atom. The third-order valence-electron chi connectivity index (χ3n) is 10.4. The Morgan fingerprint density at radius 1 is 0.396 bits per heavy atom. The molecule has 3 nitrogen and oxygen atoms in total. The van der Waals surface area contributed by atoms with Crippen LogP contribution < -0.4 is 9.80 Å². The van der Waals surface area contributed by atoms with Gasteiger partial charge >= 0.3 is 0 Å². The van der Waals surface area contributed by atoms with Crippen LogP contribution >= 0.6 is 0 Å². The van der Waals surface area contributed by atoms with Gasteiger partial charge in [0.05, 0.1) is 39.5 Å². The molecule has 2 aliphatic heterocycles. The highest BCUT2D eigenvalue weighted by Crippen LogP contribution is 2.62. The van der Waals surface area contributed by atoms with Gasteiger partial charge < -0.3 is 14.4 Å². The highest BCUT2D eigenvalue weighted by Gasteiger charge is 2.43. The van der Waals surface area contributed by atoms with Crippen LogP contribution in [-0.2, 0) is 5.41 Å². The predicted molar refractivity (Wildman–Crippen MR) is 201 cm³/mol. The Labute approximate surface area is 280 Å². The van der Waals surface area contributed by atoms with Crippen molar-refractivity contribution >= 4 is 55.9 Å². The van der Waals surface area contributed by atoms with E-state index >= 15 is 0 Å². The van der Waals surface area contributed by atoms with Crippen LogP contribution in [0.1, 0.15) is 25.0 Å². The highest BCUT2D eigenvalue weighted by atomic mass is 15.3. The zero-order chi connectivity index (χ0) is 32.0. The summed E-state index contributed by atoms with van der Waals surface area (Å²) in [7, 11) is 0. The minimum absolute atomic E-state index is 0.247. The molecular weight excluding hydrogens is 583 g/mol. The fraction of sp³-hybridized carbons (Fsp3) is 0.0667. The zero-order valence-corrected chi connectivity index (χ0v) is 26.9. The molecule has 0 bridgehead atoms. The molecule has 0 atom stereocenters. The first-order chi connectivity index (χ1) is 23.6. The van der Waals surface area contributed by atoms with Crippen molar-refractivity contribution in [2.75, 3.05) is 9.80 Å². The first-order valence-electron chi connectivity index (χ1n) is 16.7. The molecule has 0 radical (unpaired) electrons. The van der Waals surface area contributed by atoms with E-state index in [-0.39, 0.29) is 5.41 Å². The summed E-state index contributed by atoms with van der Waals surface area (Å²) in [6.45, 7) is 4.77. The molecule has 228 valence electrons. The molecule has 0 aliphatic carbocycles. The third-order valence-corrected chi connectivity index (χ3v) is 10.4. The second-order valence-corrected chi connectivity index (χ2v) is 13.4. The van der Waals surface area contributed by atoms with E-state index < -0.39 is 0 Å². The number of aromatic nitrogens is 1. The van der Waals surface area contributed by atoms with Gasteiger partial charge in [-0.2, -0.15) is 0 Å². The second-order valence-electron chi connectivity index (χ2n) is 13.4. The Balaban J connectivity index is 1.34. The molecule has 0 N–H and O–H groups in total. The molecule has 0 fully saturated rings. The number of hydrogen-bond donors (Lipinski definition) is 0. The van der Waals surface area contributed by atoms with Crippen molar-refractivity contribution in [2.24, 2.45) is 0 Å². The number of hydrogen-bond acceptors (Lipinski definition) is 2. The summed E-state index contributed by atoms with van der Waals surface area (Å²) in [5.74, 6) is 0. The normalized spacial score (nSPS) is 14.1. The van der Waals surface area contributed by atoms with E-state index in [1.165, 1.54) is 72.5 Å². The van der Waals surface area contributed by atoms with Crippen LogP contribution in [0, 0.1) is 0 Å². The van der Waals surface area contributed by atoms with Crippen LogP contribution in [-0.4, -0.2) is 4.57 Å². The van der Waals surface area contributed by atoms with Crippen molar-refractivity contribution in [1.82, 2.24) is 4.57 Å². The van der Waals surface area contributed by atoms with Gasteiger partial charge in [0, 0.05) is 27.6 Å². The number of benzene rings is 7. The highest BCUT2D eigenvalue weighted by molar-refractivity contribution is 6.10. The summed E-state index contributed by atoms with van der Waals surface area (Å²) in [6, 6.07) is 59.9. The van der Waals surface area contributed by atoms with Crippen molar-refractivity contribution < 1.29 is 0 Å². The number of fused-ring (bicyclic) bond motifs is 7. The molecule has 3 heterocycles. The molecule has 0 unspecified atom stereocenters. The summed E-state index contributed by atoms with van der Waals surface area (Å²) < 4.78 is 2.46. The number of rotatable bonds is 3. The van der Waals surface area contributed by atoms with Crippen molar-refractivity contribution in [3.63, 3.8) is 0 Å². The minimum Gasteiger partial charge on any atom is -0.309 e. The van der Waals surface area contributed by atoms with E-state index in [9.17, 15) is 0 Å². The van der Waals surface area contributed by atoms with E-state index in [2.05, 4.69) is 192 Å². The Morgan fingerprint density at radius 3 is 1.75 bits per heavy atom. The van der Waals surface area contributed by atoms with Gasteiger partial charge in [0.15, 0.2) is 0 Å². The van der Waals surface area contributed by atoms with Gasteiger partial charge in [-0.3, -0.25) is 0 Å². The molecule has 7 aromatic carbocycles. The molecule has 0 saturated carbocycles. The zero-order valence-electron chi connectivity index (χ0n) is 26.9. The van der Waals surface area contributed by atoms with Gasteiger partial charge in [0.1, 0.15) is 0 Å². The van der Waals surface area contributed by atoms with Crippen LogP contribution in [0.25, 0.3) is 38.6 Å². The first-order valence-corrected chi connectivity index (χ1v) is 16.7. The predicted octanol–water partition coefficient (Wildman–Crippen LogP) is 12.3. The molecule has 1 aromatic heterocycles. The summed E-state index contributed by atoms with van der Waals surface area (Å²) in [6.07, 6.45) is 0. The molecule has 0 amide bonds. The molecule has 3 heteroatoms. The van der Waals surface area contributed by atoms with Crippen LogP contribution in [0.4, 0.5) is 34.1 Å². The average molecular weight is 616 g/mol. The maximum atomic E-state index is 2.53. The van der Waals surface area contributed by atoms with Gasteiger partial charge in [0.2, 0.25) is 0 Å². The summed E-state index contributed by atoms with van der Waals surface area (Å²) in [4.78, 5) is 5.00. The smallest absolute Gasteiger partial charge is 0.0746 e. The fourth-order valence-corrected chi connectivity index (χ4v) is 8.22. The molecule has 2 aliphatic rings. The fourth-order valence-electron chi connectivity index (χ4n) is 8.22. The van der Waals surface area contributed by atoms with E-state index in [1.807, 2.05) is 0 Å². The standard InChI is InChI=1S/C45H33N3/c1-45(2)36-21-11-14-24-40(36)48-42-27-31(30-15-5-3-6-16-30)25-26-41(42)46(32-17-7-4-8-18-32)43-29-33(28-37(45)44(43)48)47-38-22-12-9-19-34(38)35-20-10-13-23-39(35)47/h3-29H,1-2H3. The lowest BCUT2D eigenvalue weighted by atomic mass is 9.72. The van der Waals surface area contributed by atoms with Crippen molar-refractivity contribution in [3.05, 3.63) is 175 Å². The first kappa shape index (κ1) is 27.1. The van der Waals surface area contributed by atoms with Gasteiger partial charge in [-0.1, -0.05) is 123 Å². The van der Waals surface area contributed by atoms with Crippen LogP contribution in [0.2, 0.25) is 0 Å². The number of nitrogens with zero attached hydrogens (tertiary/aromatic N) is 3. The third kappa shape index (κ3) is 3.70. The summed E-state index contributed by atoms with van der Waals surface area (Å²) in [5, 5.41) is 2.54. The van der Waals surface area contributed by atoms with Crippen LogP contribution in [0.5, 0.6) is 0 Å². The van der Waals surface area contributed by atoms with Crippen molar-refractivity contribution in [1.29, 1.82) is 0 Å². The van der Waals surface area contributed by atoms with Crippen LogP contribution in [0.15, 0.2) is 164 Å². The number of anilines is 6. The van der Waals surface area contributed by atoms with E-state index in [1.54, 1.807) is 0 Å². The maximum Gasteiger partial charge on any atom is 0.0746 e. The largest absolute Gasteiger partial charge is 0.309 e. The molecule has 8 aromatic rings. The van der Waals surface area contributed by atoms with Gasteiger partial charge in [-0.25, -0.2) is 0 Å². The van der Waals surface area contributed by atoms with Gasteiger partial charge in [0.25, 0.3) is 0 Å². The van der Waals surface area contributed by atoms with Crippen molar-refractivity contribution in [3.8, 4) is 16.8 Å². The van der Waals surface area contributed by atoms with Crippen LogP contribution in [0.3, 0.4) is 0 Å². The van der Waals surface area contributed by atoms with Gasteiger partial charge in [-0.05, 0) is 76.9 Å². The minimum atomic E-state index is -0.247. The average Bonchev–Trinajstić information content (AvgIpc) is 3.48. The van der Waals surface area contributed by atoms with Gasteiger partial charge in [-0.15, -0.1) is 0 Å². The SMILES string of the molecule is CC1(C)c2ccccc2N2c3cc(-c4ccccc4)ccc3N(c3ccccc3)c3cc(-n4c5ccccc5c5ccccc54)cc1c32. The lowest BCUT2D eigenvalue weighted by molar-refractivity contribution is 0.631. The monoisotopic (exact) mass is 615 g/mol. The second kappa shape index (κ2) is 9.97. The number of para-hydroxylation sites is 4. The lowest BCUT2D eigenvalue weighted by Crippen LogP contribution is -2.35. The van der Waals surface area contributed by atoms with Crippen molar-refractivity contribution in [2.45, 2.75) is 19.3 Å². The Hall–Kier alpha value is -6.06. The lowest BCUT2D eigenvalue weighted by Gasteiger charge is -2.48. The maximum absolute atomic E-state index is 2.53. The Kier molecular flexibility index (Phi) is 5.63. The summed E-state index contributed by atoms with van der Waals surface area (Å²) >= 11 is 0. The molecule has 48 heavy (non-hydrogen) atoms.